The molecule has 1 unspecified atom stereocenters. The Hall–Kier alpha value is -0.580. The van der Waals surface area contributed by atoms with Crippen molar-refractivity contribution in [3.05, 3.63) is 21.4 Å². The smallest absolute Gasteiger partial charge is 0.252 e. The Kier molecular flexibility index (Phi) is 6.12. The fraction of sp³-hybridized carbons (Fsp3) is 0.615. The summed E-state index contributed by atoms with van der Waals surface area (Å²) in [7, 11) is 0. The van der Waals surface area contributed by atoms with Gasteiger partial charge in [0.25, 0.3) is 5.91 Å². The summed E-state index contributed by atoms with van der Waals surface area (Å²) in [6.45, 7) is 3.32. The van der Waals surface area contributed by atoms with Gasteiger partial charge in [0.05, 0.1) is 5.56 Å². The van der Waals surface area contributed by atoms with Crippen molar-refractivity contribution in [2.45, 2.75) is 32.6 Å². The number of thiophene rings is 1. The molecule has 0 saturated carbocycles. The second-order valence-corrected chi connectivity index (χ2v) is 5.77. The van der Waals surface area contributed by atoms with Crippen molar-refractivity contribution in [1.29, 1.82) is 0 Å². The molecular formula is C13H21ClN2OS. The monoisotopic (exact) mass is 288 g/mol. The Balaban J connectivity index is 0.00000162. The lowest BCUT2D eigenvalue weighted by Gasteiger charge is -2.14. The minimum atomic E-state index is 0. The van der Waals surface area contributed by atoms with Crippen molar-refractivity contribution in [1.82, 2.24) is 5.32 Å². The van der Waals surface area contributed by atoms with E-state index >= 15 is 0 Å². The van der Waals surface area contributed by atoms with E-state index in [0.717, 1.165) is 18.4 Å². The number of hydrogen-bond acceptors (Lipinski definition) is 3. The van der Waals surface area contributed by atoms with E-state index in [1.54, 1.807) is 11.3 Å². The van der Waals surface area contributed by atoms with Gasteiger partial charge in [-0.1, -0.05) is 6.92 Å². The Morgan fingerprint density at radius 2 is 2.22 bits per heavy atom. The second kappa shape index (κ2) is 7.12. The van der Waals surface area contributed by atoms with Crippen LogP contribution in [0.5, 0.6) is 0 Å². The van der Waals surface area contributed by atoms with E-state index in [9.17, 15) is 4.79 Å². The highest BCUT2D eigenvalue weighted by molar-refractivity contribution is 7.10. The SMILES string of the molecule is CC(CN)CNC(=O)c1csc2c1CCCC2.Cl. The molecule has 0 radical (unpaired) electrons. The van der Waals surface area contributed by atoms with E-state index in [4.69, 9.17) is 5.73 Å². The van der Waals surface area contributed by atoms with Crippen molar-refractivity contribution >= 4 is 29.7 Å². The predicted molar refractivity (Wildman–Crippen MR) is 78.8 cm³/mol. The summed E-state index contributed by atoms with van der Waals surface area (Å²) in [5.74, 6) is 0.415. The molecule has 0 saturated heterocycles. The van der Waals surface area contributed by atoms with Crippen LogP contribution >= 0.6 is 23.7 Å². The highest BCUT2D eigenvalue weighted by atomic mass is 35.5. The number of fused-ring (bicyclic) bond motifs is 1. The van der Waals surface area contributed by atoms with E-state index in [-0.39, 0.29) is 18.3 Å². The van der Waals surface area contributed by atoms with Gasteiger partial charge in [-0.3, -0.25) is 4.79 Å². The maximum Gasteiger partial charge on any atom is 0.252 e. The predicted octanol–water partition coefficient (Wildman–Crippen LogP) is 2.37. The van der Waals surface area contributed by atoms with Gasteiger partial charge in [0.2, 0.25) is 0 Å². The lowest BCUT2D eigenvalue weighted by Crippen LogP contribution is -2.31. The summed E-state index contributed by atoms with van der Waals surface area (Å²) >= 11 is 1.73. The van der Waals surface area contributed by atoms with E-state index in [0.29, 0.717) is 19.0 Å². The zero-order valence-corrected chi connectivity index (χ0v) is 12.3. The first-order chi connectivity index (χ1) is 8.22. The van der Waals surface area contributed by atoms with Gasteiger partial charge in [0, 0.05) is 16.8 Å². The summed E-state index contributed by atoms with van der Waals surface area (Å²) in [4.78, 5) is 13.5. The number of aryl methyl sites for hydroxylation is 1. The molecule has 1 aliphatic rings. The molecule has 3 N–H and O–H groups in total. The average molecular weight is 289 g/mol. The number of amides is 1. The molecule has 3 nitrogen and oxygen atoms in total. The Morgan fingerprint density at radius 1 is 1.50 bits per heavy atom. The van der Waals surface area contributed by atoms with Crippen molar-refractivity contribution in [3.63, 3.8) is 0 Å². The van der Waals surface area contributed by atoms with Crippen molar-refractivity contribution < 1.29 is 4.79 Å². The van der Waals surface area contributed by atoms with Crippen LogP contribution in [0.1, 0.15) is 40.6 Å². The molecule has 1 aromatic heterocycles. The minimum absolute atomic E-state index is 0. The van der Waals surface area contributed by atoms with Gasteiger partial charge in [-0.15, -0.1) is 23.7 Å². The maximum atomic E-state index is 12.1. The maximum absolute atomic E-state index is 12.1. The van der Waals surface area contributed by atoms with Gasteiger partial charge in [-0.05, 0) is 43.7 Å². The third-order valence-corrected chi connectivity index (χ3v) is 4.41. The fourth-order valence-corrected chi connectivity index (χ4v) is 3.26. The summed E-state index contributed by atoms with van der Waals surface area (Å²) in [5.41, 5.74) is 7.73. The van der Waals surface area contributed by atoms with Gasteiger partial charge < -0.3 is 11.1 Å². The fourth-order valence-electron chi connectivity index (χ4n) is 2.13. The van der Waals surface area contributed by atoms with Crippen molar-refractivity contribution in [2.75, 3.05) is 13.1 Å². The Bertz CT molecular complexity index is 406. The van der Waals surface area contributed by atoms with E-state index < -0.39 is 0 Å². The first-order valence-electron chi connectivity index (χ1n) is 6.30. The van der Waals surface area contributed by atoms with Gasteiger partial charge in [0.1, 0.15) is 0 Å². The van der Waals surface area contributed by atoms with Crippen LogP contribution in [0, 0.1) is 5.92 Å². The van der Waals surface area contributed by atoms with Crippen LogP contribution in [-0.2, 0) is 12.8 Å². The second-order valence-electron chi connectivity index (χ2n) is 4.81. The Labute approximate surface area is 119 Å². The summed E-state index contributed by atoms with van der Waals surface area (Å²) in [6.07, 6.45) is 4.68. The minimum Gasteiger partial charge on any atom is -0.352 e. The van der Waals surface area contributed by atoms with Crippen LogP contribution in [0.25, 0.3) is 0 Å². The number of hydrogen-bond donors (Lipinski definition) is 2. The van der Waals surface area contributed by atoms with Crippen LogP contribution in [0.2, 0.25) is 0 Å². The molecule has 1 amide bonds. The summed E-state index contributed by atoms with van der Waals surface area (Å²) < 4.78 is 0. The largest absolute Gasteiger partial charge is 0.352 e. The van der Waals surface area contributed by atoms with E-state index in [2.05, 4.69) is 5.32 Å². The number of carbonyl (C=O) groups is 1. The first kappa shape index (κ1) is 15.5. The van der Waals surface area contributed by atoms with Crippen LogP contribution < -0.4 is 11.1 Å². The number of carbonyl (C=O) groups excluding carboxylic acids is 1. The molecule has 0 aliphatic heterocycles. The Morgan fingerprint density at radius 3 is 2.94 bits per heavy atom. The third kappa shape index (κ3) is 3.46. The standard InChI is InChI=1S/C13H20N2OS.ClH/c1-9(6-14)7-15-13(16)11-8-17-12-5-3-2-4-10(11)12;/h8-9H,2-7,14H2,1H3,(H,15,16);1H. The molecule has 0 spiro atoms. The van der Waals surface area contributed by atoms with Crippen LogP contribution in [0.4, 0.5) is 0 Å². The molecule has 0 bridgehead atoms. The normalized spacial score (nSPS) is 15.4. The van der Waals surface area contributed by atoms with Crippen molar-refractivity contribution in [3.8, 4) is 0 Å². The molecule has 1 aliphatic carbocycles. The van der Waals surface area contributed by atoms with Gasteiger partial charge >= 0.3 is 0 Å². The highest BCUT2D eigenvalue weighted by Crippen LogP contribution is 2.30. The van der Waals surface area contributed by atoms with Crippen molar-refractivity contribution in [2.24, 2.45) is 11.7 Å². The molecule has 102 valence electrons. The number of nitrogens with two attached hydrogens (primary N) is 1. The van der Waals surface area contributed by atoms with Crippen LogP contribution in [-0.4, -0.2) is 19.0 Å². The topological polar surface area (TPSA) is 55.1 Å². The lowest BCUT2D eigenvalue weighted by atomic mass is 9.95. The molecule has 18 heavy (non-hydrogen) atoms. The zero-order chi connectivity index (χ0) is 12.3. The lowest BCUT2D eigenvalue weighted by molar-refractivity contribution is 0.0948. The zero-order valence-electron chi connectivity index (χ0n) is 10.7. The van der Waals surface area contributed by atoms with Gasteiger partial charge in [-0.2, -0.15) is 0 Å². The number of rotatable bonds is 4. The third-order valence-electron chi connectivity index (χ3n) is 3.32. The molecule has 2 rings (SSSR count). The molecule has 5 heteroatoms. The van der Waals surface area contributed by atoms with Gasteiger partial charge in [0.15, 0.2) is 0 Å². The van der Waals surface area contributed by atoms with E-state index in [1.165, 1.54) is 23.3 Å². The summed E-state index contributed by atoms with van der Waals surface area (Å²) in [5, 5.41) is 4.99. The van der Waals surface area contributed by atoms with Crippen LogP contribution in [0.3, 0.4) is 0 Å². The molecule has 1 atom stereocenters. The first-order valence-corrected chi connectivity index (χ1v) is 7.18. The molecular weight excluding hydrogens is 268 g/mol. The average Bonchev–Trinajstić information content (AvgIpc) is 2.79. The molecule has 0 fully saturated rings. The molecule has 1 aromatic rings. The summed E-state index contributed by atoms with van der Waals surface area (Å²) in [6, 6.07) is 0. The highest BCUT2D eigenvalue weighted by Gasteiger charge is 2.19. The number of nitrogens with one attached hydrogen (secondary N) is 1. The number of halogens is 1. The van der Waals surface area contributed by atoms with Gasteiger partial charge in [-0.25, -0.2) is 0 Å². The van der Waals surface area contributed by atoms with E-state index in [1.807, 2.05) is 12.3 Å². The van der Waals surface area contributed by atoms with Crippen LogP contribution in [0.15, 0.2) is 5.38 Å². The molecule has 1 heterocycles. The quantitative estimate of drug-likeness (QED) is 0.894. The molecule has 0 aromatic carbocycles.